The molecule has 1 heterocycles. The van der Waals surface area contributed by atoms with Crippen LogP contribution in [0.2, 0.25) is 5.02 Å². The Morgan fingerprint density at radius 1 is 1.26 bits per heavy atom. The van der Waals surface area contributed by atoms with Gasteiger partial charge in [0.2, 0.25) is 0 Å². The maximum atomic E-state index is 12.2. The molecule has 0 fully saturated rings. The van der Waals surface area contributed by atoms with Gasteiger partial charge in [0.15, 0.2) is 0 Å². The smallest absolute Gasteiger partial charge is 0.264 e. The number of carbonyl (C=O) groups excluding carboxylic acids is 1. The summed E-state index contributed by atoms with van der Waals surface area (Å²) < 4.78 is 1.57. The number of carbonyl (C=O) groups is 1. The fourth-order valence-corrected chi connectivity index (χ4v) is 2.31. The average molecular weight is 328 g/mol. The van der Waals surface area contributed by atoms with Crippen molar-refractivity contribution in [3.8, 4) is 0 Å². The third-order valence-electron chi connectivity index (χ3n) is 3.41. The van der Waals surface area contributed by atoms with Crippen LogP contribution in [-0.4, -0.2) is 27.1 Å². The van der Waals surface area contributed by atoms with Crippen molar-refractivity contribution >= 4 is 34.8 Å². The zero-order valence-electron chi connectivity index (χ0n) is 12.3. The van der Waals surface area contributed by atoms with Gasteiger partial charge in [-0.1, -0.05) is 47.1 Å². The van der Waals surface area contributed by atoms with E-state index in [4.69, 9.17) is 11.6 Å². The first-order valence-corrected chi connectivity index (χ1v) is 7.42. The molecule has 0 saturated carbocycles. The van der Waals surface area contributed by atoms with Crippen molar-refractivity contribution in [2.45, 2.75) is 13.0 Å². The first-order chi connectivity index (χ1) is 11.2. The topological polar surface area (TPSA) is 72.2 Å². The lowest BCUT2D eigenvalue weighted by Gasteiger charge is -2.10. The van der Waals surface area contributed by atoms with Gasteiger partial charge in [0, 0.05) is 10.6 Å². The Morgan fingerprint density at radius 3 is 2.83 bits per heavy atom. The van der Waals surface area contributed by atoms with E-state index in [9.17, 15) is 4.79 Å². The van der Waals surface area contributed by atoms with Crippen LogP contribution in [0.15, 0.2) is 53.6 Å². The summed E-state index contributed by atoms with van der Waals surface area (Å²) in [4.78, 5) is 12.2. The molecule has 0 aliphatic carbocycles. The van der Waals surface area contributed by atoms with Crippen molar-refractivity contribution in [2.24, 2.45) is 5.10 Å². The molecule has 1 aromatic heterocycles. The number of hydrazone groups is 1. The summed E-state index contributed by atoms with van der Waals surface area (Å²) in [5.41, 5.74) is 4.76. The Balaban J connectivity index is 1.72. The number of halogens is 1. The number of benzene rings is 2. The Hall–Kier alpha value is -2.73. The molecule has 0 aliphatic heterocycles. The van der Waals surface area contributed by atoms with Crippen LogP contribution in [0.1, 0.15) is 18.5 Å². The van der Waals surface area contributed by atoms with E-state index in [0.29, 0.717) is 5.02 Å². The van der Waals surface area contributed by atoms with Crippen LogP contribution in [0.3, 0.4) is 0 Å². The highest BCUT2D eigenvalue weighted by Gasteiger charge is 2.18. The maximum Gasteiger partial charge on any atom is 0.264 e. The molecule has 7 heteroatoms. The number of amides is 1. The van der Waals surface area contributed by atoms with Crippen molar-refractivity contribution in [1.29, 1.82) is 0 Å². The number of hydrogen-bond donors (Lipinski definition) is 1. The fourth-order valence-electron chi connectivity index (χ4n) is 2.12. The van der Waals surface area contributed by atoms with Crippen molar-refractivity contribution in [3.63, 3.8) is 0 Å². The van der Waals surface area contributed by atoms with Crippen molar-refractivity contribution in [3.05, 3.63) is 59.1 Å². The van der Waals surface area contributed by atoms with Crippen molar-refractivity contribution in [2.75, 3.05) is 0 Å². The highest BCUT2D eigenvalue weighted by molar-refractivity contribution is 6.33. The quantitative estimate of drug-likeness (QED) is 0.591. The van der Waals surface area contributed by atoms with Crippen LogP contribution in [0.4, 0.5) is 0 Å². The lowest BCUT2D eigenvalue weighted by atomic mass is 10.2. The van der Waals surface area contributed by atoms with Crippen LogP contribution in [0.25, 0.3) is 11.0 Å². The second kappa shape index (κ2) is 6.58. The number of hydrogen-bond acceptors (Lipinski definition) is 4. The molecule has 23 heavy (non-hydrogen) atoms. The fraction of sp³-hybridized carbons (Fsp3) is 0.125. The Bertz CT molecular complexity index is 874. The van der Waals surface area contributed by atoms with E-state index in [1.54, 1.807) is 17.7 Å². The van der Waals surface area contributed by atoms with Crippen LogP contribution in [0, 0.1) is 0 Å². The molecule has 2 aromatic carbocycles. The van der Waals surface area contributed by atoms with Crippen molar-refractivity contribution < 1.29 is 4.79 Å². The molecular formula is C16H14ClN5O. The van der Waals surface area contributed by atoms with Gasteiger partial charge in [0.1, 0.15) is 11.6 Å². The molecule has 0 aliphatic rings. The number of nitrogens with one attached hydrogen (secondary N) is 1. The molecule has 0 bridgehead atoms. The summed E-state index contributed by atoms with van der Waals surface area (Å²) >= 11 is 6.02. The minimum absolute atomic E-state index is 0.288. The highest BCUT2D eigenvalue weighted by atomic mass is 35.5. The number of rotatable bonds is 4. The molecule has 3 rings (SSSR count). The van der Waals surface area contributed by atoms with Gasteiger partial charge < -0.3 is 0 Å². The van der Waals surface area contributed by atoms with Crippen LogP contribution in [0.5, 0.6) is 0 Å². The van der Waals surface area contributed by atoms with Gasteiger partial charge in [0.25, 0.3) is 5.91 Å². The number of aromatic nitrogens is 3. The first kappa shape index (κ1) is 15.2. The lowest BCUT2D eigenvalue weighted by molar-refractivity contribution is -0.124. The summed E-state index contributed by atoms with van der Waals surface area (Å²) in [6, 6.07) is 14.2. The van der Waals surface area contributed by atoms with E-state index in [2.05, 4.69) is 20.8 Å². The molecule has 1 unspecified atom stereocenters. The minimum Gasteiger partial charge on any atom is -0.271 e. The van der Waals surface area contributed by atoms with Gasteiger partial charge in [-0.3, -0.25) is 4.79 Å². The number of nitrogens with zero attached hydrogens (tertiary/aromatic N) is 4. The molecule has 1 N–H and O–H groups in total. The van der Waals surface area contributed by atoms with Gasteiger partial charge in [-0.25, -0.2) is 10.1 Å². The molecule has 1 atom stereocenters. The monoisotopic (exact) mass is 327 g/mol. The molecule has 1 amide bonds. The van der Waals surface area contributed by atoms with E-state index in [1.165, 1.54) is 6.21 Å². The molecule has 0 saturated heterocycles. The summed E-state index contributed by atoms with van der Waals surface area (Å²) in [5, 5.41) is 12.6. The molecule has 3 aromatic rings. The third kappa shape index (κ3) is 3.22. The molecular weight excluding hydrogens is 314 g/mol. The second-order valence-electron chi connectivity index (χ2n) is 4.95. The SMILES string of the molecule is CC(C(=O)NN=Cc1ccccc1Cl)n1nnc2ccccc21. The van der Waals surface area contributed by atoms with Gasteiger partial charge in [-0.15, -0.1) is 5.10 Å². The Kier molecular flexibility index (Phi) is 4.34. The zero-order chi connectivity index (χ0) is 16.2. The Labute approximate surface area is 137 Å². The first-order valence-electron chi connectivity index (χ1n) is 7.04. The van der Waals surface area contributed by atoms with Crippen molar-refractivity contribution in [1.82, 2.24) is 20.4 Å². The number of para-hydroxylation sites is 1. The average Bonchev–Trinajstić information content (AvgIpc) is 3.00. The summed E-state index contributed by atoms with van der Waals surface area (Å²) in [5.74, 6) is -0.288. The van der Waals surface area contributed by atoms with Gasteiger partial charge >= 0.3 is 0 Å². The van der Waals surface area contributed by atoms with Gasteiger partial charge in [0.05, 0.1) is 11.7 Å². The largest absolute Gasteiger partial charge is 0.271 e. The summed E-state index contributed by atoms with van der Waals surface area (Å²) in [6.07, 6.45) is 1.51. The summed E-state index contributed by atoms with van der Waals surface area (Å²) in [7, 11) is 0. The van der Waals surface area contributed by atoms with Gasteiger partial charge in [-0.05, 0) is 25.1 Å². The predicted molar refractivity (Wildman–Crippen MR) is 89.4 cm³/mol. The maximum absolute atomic E-state index is 12.2. The van der Waals surface area contributed by atoms with E-state index in [-0.39, 0.29) is 5.91 Å². The normalized spacial score (nSPS) is 12.6. The third-order valence-corrected chi connectivity index (χ3v) is 3.75. The molecule has 6 nitrogen and oxygen atoms in total. The highest BCUT2D eigenvalue weighted by Crippen LogP contribution is 2.15. The Morgan fingerprint density at radius 2 is 2.00 bits per heavy atom. The second-order valence-corrected chi connectivity index (χ2v) is 5.36. The van der Waals surface area contributed by atoms with E-state index < -0.39 is 6.04 Å². The van der Waals surface area contributed by atoms with Crippen LogP contribution >= 0.6 is 11.6 Å². The van der Waals surface area contributed by atoms with Crippen LogP contribution in [-0.2, 0) is 4.79 Å². The molecule has 0 radical (unpaired) electrons. The molecule has 0 spiro atoms. The van der Waals surface area contributed by atoms with E-state index in [1.807, 2.05) is 42.5 Å². The molecule has 116 valence electrons. The minimum atomic E-state index is -0.536. The van der Waals surface area contributed by atoms with Gasteiger partial charge in [-0.2, -0.15) is 5.10 Å². The summed E-state index contributed by atoms with van der Waals surface area (Å²) in [6.45, 7) is 1.74. The van der Waals surface area contributed by atoms with E-state index >= 15 is 0 Å². The zero-order valence-corrected chi connectivity index (χ0v) is 13.1. The number of fused-ring (bicyclic) bond motifs is 1. The van der Waals surface area contributed by atoms with E-state index in [0.717, 1.165) is 16.6 Å². The lowest BCUT2D eigenvalue weighted by Crippen LogP contribution is -2.28. The predicted octanol–water partition coefficient (Wildman–Crippen LogP) is 2.80. The van der Waals surface area contributed by atoms with Crippen LogP contribution < -0.4 is 5.43 Å². The standard InChI is InChI=1S/C16H14ClN5O/c1-11(22-15-9-5-4-8-14(15)19-21-22)16(23)20-18-10-12-6-2-3-7-13(12)17/h2-11H,1H3,(H,20,23).